The van der Waals surface area contributed by atoms with Crippen molar-refractivity contribution >= 4 is 5.97 Å². The summed E-state index contributed by atoms with van der Waals surface area (Å²) < 4.78 is 10.1. The minimum absolute atomic E-state index is 0.220. The third-order valence-electron chi connectivity index (χ3n) is 2.44. The first-order valence-electron chi connectivity index (χ1n) is 5.10. The van der Waals surface area contributed by atoms with Gasteiger partial charge in [0.2, 0.25) is 0 Å². The zero-order valence-electron chi connectivity index (χ0n) is 8.91. The Morgan fingerprint density at radius 2 is 2.29 bits per heavy atom. The average Bonchev–Trinajstić information content (AvgIpc) is 3.01. The molecule has 0 radical (unpaired) electrons. The van der Waals surface area contributed by atoms with Gasteiger partial charge in [-0.1, -0.05) is 0 Å². The molecule has 4 nitrogen and oxygen atoms in total. The molecule has 4 heteroatoms. The van der Waals surface area contributed by atoms with E-state index in [2.05, 4.69) is 10.1 Å². The summed E-state index contributed by atoms with van der Waals surface area (Å²) in [6.07, 6.45) is 3.27. The fourth-order valence-electron chi connectivity index (χ4n) is 1.26. The van der Waals surface area contributed by atoms with Crippen LogP contribution in [0.25, 0.3) is 0 Å². The molecule has 0 amide bonds. The molecule has 82 valence electrons. The fourth-order valence-corrected chi connectivity index (χ4v) is 1.26. The highest BCUT2D eigenvalue weighted by Crippen LogP contribution is 2.28. The van der Waals surface area contributed by atoms with E-state index in [-0.39, 0.29) is 12.0 Å². The summed E-state index contributed by atoms with van der Waals surface area (Å²) in [5.74, 6) is 0.559. The highest BCUT2D eigenvalue weighted by Gasteiger charge is 2.22. The summed E-state index contributed by atoms with van der Waals surface area (Å²) in [6, 6.07) is -0.237. The summed E-state index contributed by atoms with van der Waals surface area (Å²) in [7, 11) is 3.15. The number of likely N-dealkylation sites (N-methyl/N-ethyl adjacent to an activating group) is 1. The Morgan fingerprint density at radius 3 is 2.79 bits per heavy atom. The van der Waals surface area contributed by atoms with E-state index in [1.165, 1.54) is 20.0 Å². The molecule has 1 fully saturated rings. The van der Waals surface area contributed by atoms with Crippen molar-refractivity contribution in [1.82, 2.24) is 5.32 Å². The Balaban J connectivity index is 2.03. The van der Waals surface area contributed by atoms with E-state index in [1.54, 1.807) is 7.05 Å². The molecule has 1 aliphatic carbocycles. The number of methoxy groups -OCH3 is 1. The van der Waals surface area contributed by atoms with Gasteiger partial charge in [0, 0.05) is 13.2 Å². The molecule has 1 atom stereocenters. The second kappa shape index (κ2) is 5.98. The van der Waals surface area contributed by atoms with Gasteiger partial charge in [-0.05, 0) is 32.2 Å². The number of hydrogen-bond acceptors (Lipinski definition) is 4. The normalized spacial score (nSPS) is 17.9. The van der Waals surface area contributed by atoms with Gasteiger partial charge in [0.05, 0.1) is 7.11 Å². The molecule has 0 spiro atoms. The van der Waals surface area contributed by atoms with E-state index in [9.17, 15) is 4.79 Å². The average molecular weight is 201 g/mol. The van der Waals surface area contributed by atoms with Crippen LogP contribution in [0.5, 0.6) is 0 Å². The van der Waals surface area contributed by atoms with Crippen LogP contribution in [0.4, 0.5) is 0 Å². The smallest absolute Gasteiger partial charge is 0.322 e. The zero-order valence-corrected chi connectivity index (χ0v) is 8.91. The van der Waals surface area contributed by atoms with Crippen molar-refractivity contribution in [3.05, 3.63) is 0 Å². The maximum atomic E-state index is 11.1. The van der Waals surface area contributed by atoms with Crippen molar-refractivity contribution in [3.63, 3.8) is 0 Å². The van der Waals surface area contributed by atoms with Crippen molar-refractivity contribution in [2.45, 2.75) is 25.3 Å². The lowest BCUT2D eigenvalue weighted by Crippen LogP contribution is -2.36. The summed E-state index contributed by atoms with van der Waals surface area (Å²) in [5, 5.41) is 2.90. The van der Waals surface area contributed by atoms with Crippen LogP contribution < -0.4 is 5.32 Å². The highest BCUT2D eigenvalue weighted by molar-refractivity contribution is 5.75. The van der Waals surface area contributed by atoms with E-state index < -0.39 is 0 Å². The van der Waals surface area contributed by atoms with Crippen LogP contribution in [0, 0.1) is 5.92 Å². The summed E-state index contributed by atoms with van der Waals surface area (Å²) in [4.78, 5) is 11.1. The molecule has 1 aliphatic rings. The molecule has 0 heterocycles. The van der Waals surface area contributed by atoms with Crippen molar-refractivity contribution in [1.29, 1.82) is 0 Å². The Hall–Kier alpha value is -0.610. The molecule has 14 heavy (non-hydrogen) atoms. The Bertz CT molecular complexity index is 180. The van der Waals surface area contributed by atoms with E-state index >= 15 is 0 Å². The number of rotatable bonds is 7. The molecular weight excluding hydrogens is 182 g/mol. The van der Waals surface area contributed by atoms with Crippen LogP contribution >= 0.6 is 0 Å². The number of carbonyl (C=O) groups excluding carboxylic acids is 1. The molecule has 0 aliphatic heterocycles. The Labute approximate surface area is 85.0 Å². The molecule has 1 saturated carbocycles. The molecule has 1 unspecified atom stereocenters. The second-order valence-electron chi connectivity index (χ2n) is 3.67. The van der Waals surface area contributed by atoms with Crippen molar-refractivity contribution in [3.8, 4) is 0 Å². The van der Waals surface area contributed by atoms with Crippen molar-refractivity contribution < 1.29 is 14.3 Å². The van der Waals surface area contributed by atoms with Gasteiger partial charge in [-0.15, -0.1) is 0 Å². The predicted molar refractivity (Wildman–Crippen MR) is 53.0 cm³/mol. The molecule has 0 aromatic heterocycles. The molecule has 1 rings (SSSR count). The highest BCUT2D eigenvalue weighted by atomic mass is 16.5. The third kappa shape index (κ3) is 4.07. The monoisotopic (exact) mass is 201 g/mol. The van der Waals surface area contributed by atoms with Gasteiger partial charge < -0.3 is 14.8 Å². The molecule has 1 N–H and O–H groups in total. The maximum absolute atomic E-state index is 11.1. The number of hydrogen-bond donors (Lipinski definition) is 1. The van der Waals surface area contributed by atoms with Gasteiger partial charge in [0.25, 0.3) is 0 Å². The number of ether oxygens (including phenoxy) is 2. The van der Waals surface area contributed by atoms with Crippen LogP contribution in [0.2, 0.25) is 0 Å². The van der Waals surface area contributed by atoms with E-state index in [0.29, 0.717) is 13.0 Å². The van der Waals surface area contributed by atoms with Crippen molar-refractivity contribution in [2.75, 3.05) is 27.4 Å². The van der Waals surface area contributed by atoms with E-state index in [4.69, 9.17) is 4.74 Å². The first kappa shape index (κ1) is 11.5. The van der Waals surface area contributed by atoms with Crippen molar-refractivity contribution in [2.24, 2.45) is 5.92 Å². The van der Waals surface area contributed by atoms with Gasteiger partial charge in [-0.25, -0.2) is 0 Å². The van der Waals surface area contributed by atoms with Crippen LogP contribution in [0.1, 0.15) is 19.3 Å². The number of carbonyl (C=O) groups is 1. The van der Waals surface area contributed by atoms with Crippen LogP contribution in [0.3, 0.4) is 0 Å². The van der Waals surface area contributed by atoms with Gasteiger partial charge in [-0.2, -0.15) is 0 Å². The molecule has 0 aromatic rings. The lowest BCUT2D eigenvalue weighted by atomic mass is 10.2. The van der Waals surface area contributed by atoms with Crippen LogP contribution in [0.15, 0.2) is 0 Å². The SMILES string of the molecule is CNC(CCOCC1CC1)C(=O)OC. The maximum Gasteiger partial charge on any atom is 0.322 e. The standard InChI is InChI=1S/C10H19NO3/c1-11-9(10(12)13-2)5-6-14-7-8-3-4-8/h8-9,11H,3-7H2,1-2H3. The topological polar surface area (TPSA) is 47.6 Å². The van der Waals surface area contributed by atoms with Gasteiger partial charge >= 0.3 is 5.97 Å². The first-order chi connectivity index (χ1) is 6.77. The molecule has 0 aromatic carbocycles. The second-order valence-corrected chi connectivity index (χ2v) is 3.67. The van der Waals surface area contributed by atoms with Crippen LogP contribution in [-0.2, 0) is 14.3 Å². The predicted octanol–water partition coefficient (Wildman–Crippen LogP) is 0.564. The van der Waals surface area contributed by atoms with E-state index in [0.717, 1.165) is 12.5 Å². The number of esters is 1. The van der Waals surface area contributed by atoms with E-state index in [1.807, 2.05) is 0 Å². The molecular formula is C10H19NO3. The number of nitrogens with one attached hydrogen (secondary N) is 1. The Morgan fingerprint density at radius 1 is 1.57 bits per heavy atom. The lowest BCUT2D eigenvalue weighted by molar-refractivity contribution is -0.143. The quantitative estimate of drug-likeness (QED) is 0.483. The van der Waals surface area contributed by atoms with Crippen LogP contribution in [-0.4, -0.2) is 39.4 Å². The lowest BCUT2D eigenvalue weighted by Gasteiger charge is -2.13. The van der Waals surface area contributed by atoms with Gasteiger partial charge in [-0.3, -0.25) is 4.79 Å². The molecule has 0 saturated heterocycles. The van der Waals surface area contributed by atoms with Gasteiger partial charge in [0.15, 0.2) is 0 Å². The minimum Gasteiger partial charge on any atom is -0.468 e. The van der Waals surface area contributed by atoms with Gasteiger partial charge in [0.1, 0.15) is 6.04 Å². The summed E-state index contributed by atoms with van der Waals surface area (Å²) in [6.45, 7) is 1.47. The molecule has 0 bridgehead atoms. The third-order valence-corrected chi connectivity index (χ3v) is 2.44. The minimum atomic E-state index is -0.237. The first-order valence-corrected chi connectivity index (χ1v) is 5.10. The summed E-state index contributed by atoms with van der Waals surface area (Å²) in [5.41, 5.74) is 0. The fraction of sp³-hybridized carbons (Fsp3) is 0.900. The largest absolute Gasteiger partial charge is 0.468 e. The zero-order chi connectivity index (χ0) is 10.4. The summed E-state index contributed by atoms with van der Waals surface area (Å²) >= 11 is 0. The Kier molecular flexibility index (Phi) is 4.90.